The summed E-state index contributed by atoms with van der Waals surface area (Å²) in [5, 5.41) is 9.14. The van der Waals surface area contributed by atoms with E-state index in [1.165, 1.54) is 6.42 Å². The molecule has 4 nitrogen and oxygen atoms in total. The first kappa shape index (κ1) is 11.8. The number of hydrogen-bond acceptors (Lipinski definition) is 3. The number of nitrogen functional groups attached to an aromatic ring is 1. The van der Waals surface area contributed by atoms with Crippen LogP contribution in [0, 0.1) is 11.8 Å². The zero-order valence-corrected chi connectivity index (χ0v) is 10.2. The van der Waals surface area contributed by atoms with Gasteiger partial charge in [0.05, 0.1) is 11.3 Å². The predicted molar refractivity (Wildman–Crippen MR) is 68.4 cm³/mol. The topological polar surface area (TPSA) is 66.6 Å². The van der Waals surface area contributed by atoms with E-state index in [1.807, 2.05) is 11.9 Å². The highest BCUT2D eigenvalue weighted by Gasteiger charge is 2.33. The van der Waals surface area contributed by atoms with Crippen LogP contribution < -0.4 is 10.6 Å². The Morgan fingerprint density at radius 1 is 1.59 bits per heavy atom. The molecule has 1 saturated carbocycles. The third-order valence-electron chi connectivity index (χ3n) is 3.45. The molecule has 2 unspecified atom stereocenters. The third kappa shape index (κ3) is 2.52. The van der Waals surface area contributed by atoms with E-state index in [-0.39, 0.29) is 0 Å². The molecule has 4 heteroatoms. The number of benzene rings is 1. The predicted octanol–water partition coefficient (Wildman–Crippen LogP) is 2.06. The number of carbonyl (C=O) groups is 1. The molecular weight excluding hydrogens is 216 g/mol. The molecule has 92 valence electrons. The second-order valence-corrected chi connectivity index (χ2v) is 4.94. The summed E-state index contributed by atoms with van der Waals surface area (Å²) < 4.78 is 0. The van der Waals surface area contributed by atoms with Crippen LogP contribution in [0.15, 0.2) is 18.2 Å². The number of carboxylic acid groups (broad SMARTS) is 1. The van der Waals surface area contributed by atoms with Crippen LogP contribution in [0.2, 0.25) is 0 Å². The van der Waals surface area contributed by atoms with Gasteiger partial charge in [0.2, 0.25) is 0 Å². The van der Waals surface area contributed by atoms with E-state index in [1.54, 1.807) is 18.2 Å². The average Bonchev–Trinajstić information content (AvgIpc) is 2.93. The monoisotopic (exact) mass is 234 g/mol. The van der Waals surface area contributed by atoms with Crippen LogP contribution in [-0.4, -0.2) is 24.7 Å². The van der Waals surface area contributed by atoms with Gasteiger partial charge in [0, 0.05) is 19.3 Å². The van der Waals surface area contributed by atoms with Gasteiger partial charge in [0.1, 0.15) is 0 Å². The third-order valence-corrected chi connectivity index (χ3v) is 3.45. The summed E-state index contributed by atoms with van der Waals surface area (Å²) in [5.74, 6) is 0.533. The van der Waals surface area contributed by atoms with Gasteiger partial charge in [-0.3, -0.25) is 0 Å². The first-order valence-corrected chi connectivity index (χ1v) is 5.83. The lowest BCUT2D eigenvalue weighted by Crippen LogP contribution is -2.23. The number of carboxylic acids is 1. The van der Waals surface area contributed by atoms with Crippen LogP contribution in [0.1, 0.15) is 23.7 Å². The molecule has 3 N–H and O–H groups in total. The van der Waals surface area contributed by atoms with Gasteiger partial charge in [0.25, 0.3) is 0 Å². The highest BCUT2D eigenvalue weighted by Crippen LogP contribution is 2.39. The van der Waals surface area contributed by atoms with E-state index in [4.69, 9.17) is 10.8 Å². The summed E-state index contributed by atoms with van der Waals surface area (Å²) in [7, 11) is 1.92. The Hall–Kier alpha value is -1.71. The van der Waals surface area contributed by atoms with Crippen molar-refractivity contribution in [3.63, 3.8) is 0 Å². The molecule has 0 amide bonds. The molecule has 1 fully saturated rings. The molecule has 2 rings (SSSR count). The van der Waals surface area contributed by atoms with E-state index in [9.17, 15) is 4.79 Å². The minimum Gasteiger partial charge on any atom is -0.478 e. The Labute approximate surface area is 101 Å². The van der Waals surface area contributed by atoms with E-state index < -0.39 is 5.97 Å². The maximum atomic E-state index is 11.1. The normalized spacial score (nSPS) is 22.2. The van der Waals surface area contributed by atoms with Crippen LogP contribution in [0.5, 0.6) is 0 Å². The molecule has 1 aromatic rings. The number of anilines is 2. The van der Waals surface area contributed by atoms with Gasteiger partial charge < -0.3 is 15.7 Å². The molecule has 2 atom stereocenters. The second-order valence-electron chi connectivity index (χ2n) is 4.94. The van der Waals surface area contributed by atoms with E-state index in [2.05, 4.69) is 6.92 Å². The van der Waals surface area contributed by atoms with Crippen molar-refractivity contribution in [3.8, 4) is 0 Å². The van der Waals surface area contributed by atoms with Crippen molar-refractivity contribution in [1.82, 2.24) is 0 Å². The number of nitrogens with two attached hydrogens (primary N) is 1. The van der Waals surface area contributed by atoms with Crippen molar-refractivity contribution in [2.45, 2.75) is 13.3 Å². The van der Waals surface area contributed by atoms with Gasteiger partial charge in [-0.25, -0.2) is 4.79 Å². The molecule has 0 heterocycles. The summed E-state index contributed by atoms with van der Waals surface area (Å²) in [6, 6.07) is 4.93. The molecule has 0 aliphatic heterocycles. The molecule has 0 radical (unpaired) electrons. The van der Waals surface area contributed by atoms with Gasteiger partial charge >= 0.3 is 5.97 Å². The van der Waals surface area contributed by atoms with Crippen LogP contribution in [0.3, 0.4) is 0 Å². The maximum Gasteiger partial charge on any atom is 0.337 e. The Morgan fingerprint density at radius 2 is 2.24 bits per heavy atom. The molecule has 1 aromatic carbocycles. The molecule has 0 saturated heterocycles. The van der Waals surface area contributed by atoms with Crippen molar-refractivity contribution >= 4 is 17.3 Å². The Morgan fingerprint density at radius 3 is 2.76 bits per heavy atom. The minimum absolute atomic E-state index is 0.315. The fraction of sp³-hybridized carbons (Fsp3) is 0.462. The van der Waals surface area contributed by atoms with Crippen molar-refractivity contribution in [2.24, 2.45) is 11.8 Å². The SMILES string of the molecule is CC1CC1CN(C)c1cc(N)ccc1C(=O)O. The maximum absolute atomic E-state index is 11.1. The van der Waals surface area contributed by atoms with Crippen molar-refractivity contribution in [1.29, 1.82) is 0 Å². The van der Waals surface area contributed by atoms with Gasteiger partial charge in [-0.05, 0) is 36.5 Å². The second kappa shape index (κ2) is 4.28. The Balaban J connectivity index is 2.22. The van der Waals surface area contributed by atoms with E-state index in [0.29, 0.717) is 22.9 Å². The van der Waals surface area contributed by atoms with Crippen molar-refractivity contribution in [2.75, 3.05) is 24.2 Å². The standard InChI is InChI=1S/C13H18N2O2/c1-8-5-9(8)7-15(2)12-6-10(14)3-4-11(12)13(16)17/h3-4,6,8-9H,5,7,14H2,1-2H3,(H,16,17). The number of aromatic carboxylic acids is 1. The quantitative estimate of drug-likeness (QED) is 0.782. The zero-order chi connectivity index (χ0) is 12.6. The van der Waals surface area contributed by atoms with Crippen LogP contribution in [0.25, 0.3) is 0 Å². The lowest BCUT2D eigenvalue weighted by molar-refractivity contribution is 0.0697. The summed E-state index contributed by atoms with van der Waals surface area (Å²) in [6.07, 6.45) is 1.23. The lowest BCUT2D eigenvalue weighted by Gasteiger charge is -2.21. The highest BCUT2D eigenvalue weighted by molar-refractivity contribution is 5.95. The highest BCUT2D eigenvalue weighted by atomic mass is 16.4. The largest absolute Gasteiger partial charge is 0.478 e. The lowest BCUT2D eigenvalue weighted by atomic mass is 10.1. The fourth-order valence-corrected chi connectivity index (χ4v) is 2.15. The molecule has 17 heavy (non-hydrogen) atoms. The molecule has 0 bridgehead atoms. The van der Waals surface area contributed by atoms with Gasteiger partial charge in [-0.15, -0.1) is 0 Å². The summed E-state index contributed by atoms with van der Waals surface area (Å²) in [5.41, 5.74) is 7.34. The van der Waals surface area contributed by atoms with Gasteiger partial charge in [-0.2, -0.15) is 0 Å². The van der Waals surface area contributed by atoms with Crippen LogP contribution in [-0.2, 0) is 0 Å². The smallest absolute Gasteiger partial charge is 0.337 e. The van der Waals surface area contributed by atoms with Crippen molar-refractivity contribution < 1.29 is 9.90 Å². The van der Waals surface area contributed by atoms with Gasteiger partial charge in [0.15, 0.2) is 0 Å². The van der Waals surface area contributed by atoms with Gasteiger partial charge in [-0.1, -0.05) is 6.92 Å². The Kier molecular flexibility index (Phi) is 2.96. The average molecular weight is 234 g/mol. The number of rotatable bonds is 4. The Bertz CT molecular complexity index is 445. The number of nitrogens with zero attached hydrogens (tertiary/aromatic N) is 1. The summed E-state index contributed by atoms with van der Waals surface area (Å²) in [4.78, 5) is 13.1. The van der Waals surface area contributed by atoms with Crippen LogP contribution >= 0.6 is 0 Å². The van der Waals surface area contributed by atoms with Crippen molar-refractivity contribution in [3.05, 3.63) is 23.8 Å². The first-order valence-electron chi connectivity index (χ1n) is 5.83. The number of hydrogen-bond donors (Lipinski definition) is 2. The summed E-state index contributed by atoms with van der Waals surface area (Å²) in [6.45, 7) is 3.11. The van der Waals surface area contributed by atoms with E-state index in [0.717, 1.165) is 12.5 Å². The molecule has 1 aliphatic carbocycles. The molecule has 1 aliphatic rings. The van der Waals surface area contributed by atoms with E-state index >= 15 is 0 Å². The fourth-order valence-electron chi connectivity index (χ4n) is 2.15. The molecule has 0 spiro atoms. The summed E-state index contributed by atoms with van der Waals surface area (Å²) >= 11 is 0. The molecule has 0 aromatic heterocycles. The first-order chi connectivity index (χ1) is 7.99. The van der Waals surface area contributed by atoms with Crippen LogP contribution in [0.4, 0.5) is 11.4 Å². The minimum atomic E-state index is -0.907. The zero-order valence-electron chi connectivity index (χ0n) is 10.2. The molecular formula is C13H18N2O2.